The lowest BCUT2D eigenvalue weighted by atomic mass is 10.0. The normalized spacial score (nSPS) is 16.8. The highest BCUT2D eigenvalue weighted by Gasteiger charge is 2.26. The van der Waals surface area contributed by atoms with E-state index in [0.717, 1.165) is 28.1 Å². The minimum absolute atomic E-state index is 0.00262. The summed E-state index contributed by atoms with van der Waals surface area (Å²) in [7, 11) is 0. The second kappa shape index (κ2) is 7.86. The minimum Gasteiger partial charge on any atom is -0.368 e. The Morgan fingerprint density at radius 3 is 2.71 bits per heavy atom. The number of aromatic nitrogens is 3. The summed E-state index contributed by atoms with van der Waals surface area (Å²) in [5.41, 5.74) is 5.51. The van der Waals surface area contributed by atoms with Crippen molar-refractivity contribution in [2.45, 2.75) is 20.0 Å². The largest absolute Gasteiger partial charge is 0.368 e. The zero-order chi connectivity index (χ0) is 19.5. The second-order valence-electron chi connectivity index (χ2n) is 6.94. The number of rotatable bonds is 3. The molecule has 0 spiro atoms. The van der Waals surface area contributed by atoms with Crippen LogP contribution in [0.15, 0.2) is 54.9 Å². The van der Waals surface area contributed by atoms with Gasteiger partial charge in [-0.2, -0.15) is 10.2 Å². The fourth-order valence-electron chi connectivity index (χ4n) is 3.34. The average Bonchev–Trinajstić information content (AvgIpc) is 2.76. The van der Waals surface area contributed by atoms with Crippen molar-refractivity contribution in [1.29, 1.82) is 0 Å². The zero-order valence-corrected chi connectivity index (χ0v) is 16.0. The lowest BCUT2D eigenvalue weighted by molar-refractivity contribution is -0.0247. The van der Waals surface area contributed by atoms with Crippen LogP contribution in [-0.2, 0) is 4.74 Å². The third-order valence-electron chi connectivity index (χ3n) is 5.13. The van der Waals surface area contributed by atoms with Crippen molar-refractivity contribution in [3.05, 3.63) is 77.2 Å². The fourth-order valence-corrected chi connectivity index (χ4v) is 3.34. The molecule has 1 amide bonds. The first kappa shape index (κ1) is 18.3. The van der Waals surface area contributed by atoms with Crippen LogP contribution in [0.1, 0.15) is 33.3 Å². The SMILES string of the molecule is Cc1cnnc(-c2ccc(C(=O)N3CCOC(c4ccccn4)C3)cc2)c1C. The topological polar surface area (TPSA) is 68.2 Å². The van der Waals surface area contributed by atoms with Gasteiger partial charge in [-0.25, -0.2) is 0 Å². The molecule has 142 valence electrons. The summed E-state index contributed by atoms with van der Waals surface area (Å²) in [6, 6.07) is 13.3. The first-order chi connectivity index (χ1) is 13.6. The molecule has 1 saturated heterocycles. The van der Waals surface area contributed by atoms with Crippen molar-refractivity contribution in [3.63, 3.8) is 0 Å². The molecule has 1 atom stereocenters. The predicted molar refractivity (Wildman–Crippen MR) is 106 cm³/mol. The molecule has 0 radical (unpaired) electrons. The van der Waals surface area contributed by atoms with Crippen LogP contribution in [0.4, 0.5) is 0 Å². The molecule has 1 unspecified atom stereocenters. The van der Waals surface area contributed by atoms with Crippen molar-refractivity contribution < 1.29 is 9.53 Å². The smallest absolute Gasteiger partial charge is 0.254 e. The highest BCUT2D eigenvalue weighted by Crippen LogP contribution is 2.24. The maximum Gasteiger partial charge on any atom is 0.254 e. The number of aryl methyl sites for hydroxylation is 1. The van der Waals surface area contributed by atoms with Gasteiger partial charge in [-0.3, -0.25) is 9.78 Å². The molecule has 0 bridgehead atoms. The maximum atomic E-state index is 13.0. The quantitative estimate of drug-likeness (QED) is 0.703. The van der Waals surface area contributed by atoms with Crippen LogP contribution < -0.4 is 0 Å². The van der Waals surface area contributed by atoms with E-state index in [1.807, 2.05) is 61.2 Å². The first-order valence-corrected chi connectivity index (χ1v) is 9.34. The van der Waals surface area contributed by atoms with E-state index in [2.05, 4.69) is 15.2 Å². The van der Waals surface area contributed by atoms with Gasteiger partial charge in [0.2, 0.25) is 0 Å². The summed E-state index contributed by atoms with van der Waals surface area (Å²) in [6.45, 7) is 5.63. The minimum atomic E-state index is -0.191. The first-order valence-electron chi connectivity index (χ1n) is 9.34. The van der Waals surface area contributed by atoms with Gasteiger partial charge < -0.3 is 9.64 Å². The van der Waals surface area contributed by atoms with Crippen LogP contribution in [0.3, 0.4) is 0 Å². The number of hydrogen-bond acceptors (Lipinski definition) is 5. The zero-order valence-electron chi connectivity index (χ0n) is 16.0. The molecule has 3 aromatic rings. The fraction of sp³-hybridized carbons (Fsp3) is 0.273. The van der Waals surface area contributed by atoms with Crippen molar-refractivity contribution in [2.75, 3.05) is 19.7 Å². The van der Waals surface area contributed by atoms with E-state index >= 15 is 0 Å². The van der Waals surface area contributed by atoms with E-state index in [1.165, 1.54) is 0 Å². The molecule has 4 rings (SSSR count). The van der Waals surface area contributed by atoms with E-state index in [1.54, 1.807) is 12.4 Å². The predicted octanol–water partition coefficient (Wildman–Crippen LogP) is 3.37. The molecular formula is C22H22N4O2. The Morgan fingerprint density at radius 2 is 1.96 bits per heavy atom. The highest BCUT2D eigenvalue weighted by atomic mass is 16.5. The van der Waals surface area contributed by atoms with Crippen LogP contribution in [0, 0.1) is 13.8 Å². The van der Waals surface area contributed by atoms with Gasteiger partial charge in [-0.05, 0) is 49.2 Å². The Morgan fingerprint density at radius 1 is 1.14 bits per heavy atom. The molecule has 1 aromatic carbocycles. The van der Waals surface area contributed by atoms with Gasteiger partial charge in [0.15, 0.2) is 0 Å². The summed E-state index contributed by atoms with van der Waals surface area (Å²) in [4.78, 5) is 19.1. The second-order valence-corrected chi connectivity index (χ2v) is 6.94. The highest BCUT2D eigenvalue weighted by molar-refractivity contribution is 5.94. The Kier molecular flexibility index (Phi) is 5.12. The summed E-state index contributed by atoms with van der Waals surface area (Å²) >= 11 is 0. The molecular weight excluding hydrogens is 352 g/mol. The molecule has 3 heterocycles. The summed E-state index contributed by atoms with van der Waals surface area (Å²) in [5.74, 6) is 0.00262. The number of pyridine rings is 1. The Labute approximate surface area is 164 Å². The molecule has 1 fully saturated rings. The third-order valence-corrected chi connectivity index (χ3v) is 5.13. The molecule has 6 nitrogen and oxygen atoms in total. The molecule has 28 heavy (non-hydrogen) atoms. The Balaban J connectivity index is 1.51. The standard InChI is InChI=1S/C22H22N4O2/c1-15-13-24-25-21(16(15)2)17-6-8-18(9-7-17)22(27)26-11-12-28-20(14-26)19-5-3-4-10-23-19/h3-10,13,20H,11-12,14H2,1-2H3. The molecule has 0 N–H and O–H groups in total. The maximum absolute atomic E-state index is 13.0. The van der Waals surface area contributed by atoms with Gasteiger partial charge >= 0.3 is 0 Å². The van der Waals surface area contributed by atoms with Gasteiger partial charge in [-0.15, -0.1) is 0 Å². The van der Waals surface area contributed by atoms with Gasteiger partial charge in [0.25, 0.3) is 5.91 Å². The van der Waals surface area contributed by atoms with Crippen LogP contribution in [-0.4, -0.2) is 45.7 Å². The van der Waals surface area contributed by atoms with Crippen molar-refractivity contribution in [1.82, 2.24) is 20.1 Å². The number of ether oxygens (including phenoxy) is 1. The van der Waals surface area contributed by atoms with Gasteiger partial charge in [-0.1, -0.05) is 18.2 Å². The van der Waals surface area contributed by atoms with Crippen LogP contribution in [0.2, 0.25) is 0 Å². The molecule has 6 heteroatoms. The van der Waals surface area contributed by atoms with Crippen LogP contribution in [0.25, 0.3) is 11.3 Å². The van der Waals surface area contributed by atoms with E-state index in [-0.39, 0.29) is 12.0 Å². The number of amides is 1. The lowest BCUT2D eigenvalue weighted by Gasteiger charge is -2.32. The molecule has 1 aliphatic heterocycles. The lowest BCUT2D eigenvalue weighted by Crippen LogP contribution is -2.42. The Bertz CT molecular complexity index is 974. The monoisotopic (exact) mass is 374 g/mol. The summed E-state index contributed by atoms with van der Waals surface area (Å²) in [6.07, 6.45) is 3.31. The van der Waals surface area contributed by atoms with E-state index in [9.17, 15) is 4.79 Å². The number of nitrogens with zero attached hydrogens (tertiary/aromatic N) is 4. The van der Waals surface area contributed by atoms with Gasteiger partial charge in [0.1, 0.15) is 6.10 Å². The van der Waals surface area contributed by atoms with Crippen LogP contribution >= 0.6 is 0 Å². The Hall–Kier alpha value is -3.12. The van der Waals surface area contributed by atoms with Crippen molar-refractivity contribution >= 4 is 5.91 Å². The van der Waals surface area contributed by atoms with Crippen LogP contribution in [0.5, 0.6) is 0 Å². The number of hydrogen-bond donors (Lipinski definition) is 0. The summed E-state index contributed by atoms with van der Waals surface area (Å²) in [5, 5.41) is 8.29. The van der Waals surface area contributed by atoms with Crippen molar-refractivity contribution in [3.8, 4) is 11.3 Å². The number of carbonyl (C=O) groups excluding carboxylic acids is 1. The molecule has 0 aliphatic carbocycles. The van der Waals surface area contributed by atoms with Gasteiger partial charge in [0.05, 0.1) is 30.7 Å². The average molecular weight is 374 g/mol. The molecule has 0 saturated carbocycles. The van der Waals surface area contributed by atoms with Crippen molar-refractivity contribution in [2.24, 2.45) is 0 Å². The number of carbonyl (C=O) groups is 1. The van der Waals surface area contributed by atoms with E-state index in [0.29, 0.717) is 25.3 Å². The summed E-state index contributed by atoms with van der Waals surface area (Å²) < 4.78 is 5.81. The van der Waals surface area contributed by atoms with E-state index < -0.39 is 0 Å². The number of benzene rings is 1. The van der Waals surface area contributed by atoms with E-state index in [4.69, 9.17) is 4.74 Å². The molecule has 1 aliphatic rings. The number of morpholine rings is 1. The third kappa shape index (κ3) is 3.64. The molecule has 2 aromatic heterocycles. The van der Waals surface area contributed by atoms with Gasteiger partial charge in [0, 0.05) is 23.9 Å².